The van der Waals surface area contributed by atoms with Crippen molar-refractivity contribution in [3.63, 3.8) is 0 Å². The fraction of sp³-hybridized carbons (Fsp3) is 0.231. The number of hydrazine groups is 1. The summed E-state index contributed by atoms with van der Waals surface area (Å²) in [5.74, 6) is 5.88. The topological polar surface area (TPSA) is 63.8 Å². The molecule has 4 nitrogen and oxygen atoms in total. The molecule has 0 aliphatic heterocycles. The Morgan fingerprint density at radius 3 is 2.55 bits per heavy atom. The molecule has 0 saturated carbocycles. The molecule has 0 aliphatic carbocycles. The number of nitrogens with zero attached hydrogens (tertiary/aromatic N) is 2. The van der Waals surface area contributed by atoms with Crippen LogP contribution in [0, 0.1) is 0 Å². The minimum atomic E-state index is -4.40. The van der Waals surface area contributed by atoms with E-state index in [1.54, 1.807) is 6.07 Å². The molecule has 2 rings (SSSR count). The molecule has 106 valence electrons. The van der Waals surface area contributed by atoms with E-state index in [1.807, 2.05) is 6.92 Å². The van der Waals surface area contributed by atoms with Crippen molar-refractivity contribution in [3.8, 4) is 11.4 Å². The molecule has 0 bridgehead atoms. The van der Waals surface area contributed by atoms with Gasteiger partial charge in [-0.3, -0.25) is 0 Å². The van der Waals surface area contributed by atoms with Gasteiger partial charge in [0.1, 0.15) is 5.82 Å². The minimum Gasteiger partial charge on any atom is -0.308 e. The van der Waals surface area contributed by atoms with Crippen LogP contribution in [0.25, 0.3) is 11.4 Å². The summed E-state index contributed by atoms with van der Waals surface area (Å²) >= 11 is 0. The van der Waals surface area contributed by atoms with E-state index in [1.165, 1.54) is 12.1 Å². The van der Waals surface area contributed by atoms with Crippen molar-refractivity contribution in [2.45, 2.75) is 19.5 Å². The first-order chi connectivity index (χ1) is 9.44. The summed E-state index contributed by atoms with van der Waals surface area (Å²) in [5, 5.41) is 0. The number of aryl methyl sites for hydroxylation is 1. The summed E-state index contributed by atoms with van der Waals surface area (Å²) in [6.07, 6.45) is -3.77. The number of alkyl halides is 3. The zero-order chi connectivity index (χ0) is 14.8. The Hall–Kier alpha value is -2.15. The van der Waals surface area contributed by atoms with Gasteiger partial charge < -0.3 is 5.43 Å². The van der Waals surface area contributed by atoms with Crippen LogP contribution in [0.2, 0.25) is 0 Å². The van der Waals surface area contributed by atoms with Gasteiger partial charge in [-0.1, -0.05) is 19.1 Å². The lowest BCUT2D eigenvalue weighted by molar-refractivity contribution is -0.137. The molecule has 0 spiro atoms. The van der Waals surface area contributed by atoms with Crippen LogP contribution in [-0.2, 0) is 12.6 Å². The lowest BCUT2D eigenvalue weighted by atomic mass is 10.1. The Kier molecular flexibility index (Phi) is 3.89. The first-order valence-corrected chi connectivity index (χ1v) is 5.96. The van der Waals surface area contributed by atoms with Crippen molar-refractivity contribution in [3.05, 3.63) is 41.6 Å². The van der Waals surface area contributed by atoms with Gasteiger partial charge in [0.2, 0.25) is 0 Å². The van der Waals surface area contributed by atoms with Crippen LogP contribution in [0.1, 0.15) is 18.2 Å². The smallest absolute Gasteiger partial charge is 0.308 e. The summed E-state index contributed by atoms with van der Waals surface area (Å²) in [5.41, 5.74) is 2.64. The fourth-order valence-corrected chi connectivity index (χ4v) is 1.72. The zero-order valence-corrected chi connectivity index (χ0v) is 10.7. The molecule has 0 fully saturated rings. The highest BCUT2D eigenvalue weighted by Crippen LogP contribution is 2.31. The molecule has 0 aliphatic rings. The van der Waals surface area contributed by atoms with Crippen molar-refractivity contribution in [2.24, 2.45) is 5.84 Å². The molecule has 0 saturated heterocycles. The Morgan fingerprint density at radius 1 is 1.20 bits per heavy atom. The van der Waals surface area contributed by atoms with Crippen molar-refractivity contribution < 1.29 is 13.2 Å². The number of halogens is 3. The van der Waals surface area contributed by atoms with E-state index in [-0.39, 0.29) is 5.82 Å². The zero-order valence-electron chi connectivity index (χ0n) is 10.7. The molecule has 1 aromatic heterocycles. The van der Waals surface area contributed by atoms with Crippen LogP contribution in [0.5, 0.6) is 0 Å². The maximum absolute atomic E-state index is 12.7. The first kappa shape index (κ1) is 14.3. The van der Waals surface area contributed by atoms with Gasteiger partial charge in [0.05, 0.1) is 5.56 Å². The lowest BCUT2D eigenvalue weighted by Crippen LogP contribution is -2.10. The van der Waals surface area contributed by atoms with E-state index >= 15 is 0 Å². The number of benzene rings is 1. The number of anilines is 1. The highest BCUT2D eigenvalue weighted by atomic mass is 19.4. The van der Waals surface area contributed by atoms with E-state index in [9.17, 15) is 13.2 Å². The number of nitrogens with two attached hydrogens (primary N) is 1. The highest BCUT2D eigenvalue weighted by molar-refractivity contribution is 5.58. The average Bonchev–Trinajstić information content (AvgIpc) is 2.46. The van der Waals surface area contributed by atoms with Crippen LogP contribution in [-0.4, -0.2) is 9.97 Å². The largest absolute Gasteiger partial charge is 0.416 e. The van der Waals surface area contributed by atoms with Gasteiger partial charge in [0, 0.05) is 17.3 Å². The molecule has 1 aromatic carbocycles. The molecule has 0 atom stereocenters. The monoisotopic (exact) mass is 282 g/mol. The number of nitrogens with one attached hydrogen (secondary N) is 1. The summed E-state index contributed by atoms with van der Waals surface area (Å²) in [7, 11) is 0. The van der Waals surface area contributed by atoms with Crippen LogP contribution < -0.4 is 11.3 Å². The fourth-order valence-electron chi connectivity index (χ4n) is 1.72. The van der Waals surface area contributed by atoms with Crippen LogP contribution >= 0.6 is 0 Å². The van der Waals surface area contributed by atoms with Gasteiger partial charge in [0.15, 0.2) is 5.82 Å². The maximum atomic E-state index is 12.7. The Morgan fingerprint density at radius 2 is 1.95 bits per heavy atom. The molecule has 20 heavy (non-hydrogen) atoms. The van der Waals surface area contributed by atoms with Gasteiger partial charge in [-0.25, -0.2) is 15.8 Å². The van der Waals surface area contributed by atoms with E-state index in [0.29, 0.717) is 23.5 Å². The van der Waals surface area contributed by atoms with Crippen molar-refractivity contribution >= 4 is 5.82 Å². The number of rotatable bonds is 3. The third-order valence-corrected chi connectivity index (χ3v) is 2.74. The molecule has 2 aromatic rings. The standard InChI is InChI=1S/C13H13F3N4/c1-2-10-7-11(20-17)19-12(18-10)8-4-3-5-9(6-8)13(14,15)16/h3-7H,2,17H2,1H3,(H,18,19,20). The van der Waals surface area contributed by atoms with Gasteiger partial charge in [-0.2, -0.15) is 13.2 Å². The molecule has 0 amide bonds. The van der Waals surface area contributed by atoms with Crippen molar-refractivity contribution in [2.75, 3.05) is 5.43 Å². The predicted molar refractivity (Wildman–Crippen MR) is 69.7 cm³/mol. The Balaban J connectivity index is 2.51. The second kappa shape index (κ2) is 5.46. The summed E-state index contributed by atoms with van der Waals surface area (Å²) < 4.78 is 38.1. The summed E-state index contributed by atoms with van der Waals surface area (Å²) in [4.78, 5) is 8.30. The van der Waals surface area contributed by atoms with Crippen molar-refractivity contribution in [1.29, 1.82) is 0 Å². The van der Waals surface area contributed by atoms with E-state index < -0.39 is 11.7 Å². The molecule has 0 radical (unpaired) electrons. The summed E-state index contributed by atoms with van der Waals surface area (Å²) in [6, 6.07) is 6.54. The van der Waals surface area contributed by atoms with Crippen molar-refractivity contribution in [1.82, 2.24) is 9.97 Å². The number of nitrogen functional groups attached to an aromatic ring is 1. The third-order valence-electron chi connectivity index (χ3n) is 2.74. The number of hydrogen-bond donors (Lipinski definition) is 2. The second-order valence-electron chi connectivity index (χ2n) is 4.14. The normalized spacial score (nSPS) is 11.4. The van der Waals surface area contributed by atoms with Gasteiger partial charge >= 0.3 is 6.18 Å². The van der Waals surface area contributed by atoms with E-state index in [4.69, 9.17) is 5.84 Å². The Labute approximate surface area is 113 Å². The maximum Gasteiger partial charge on any atom is 0.416 e. The second-order valence-corrected chi connectivity index (χ2v) is 4.14. The average molecular weight is 282 g/mol. The molecule has 1 heterocycles. The Bertz CT molecular complexity index is 589. The third kappa shape index (κ3) is 3.05. The number of aromatic nitrogens is 2. The molecule has 3 N–H and O–H groups in total. The molecular weight excluding hydrogens is 269 g/mol. The van der Waals surface area contributed by atoms with Gasteiger partial charge in [-0.05, 0) is 18.6 Å². The molecule has 7 heteroatoms. The van der Waals surface area contributed by atoms with Crippen LogP contribution in [0.4, 0.5) is 19.0 Å². The minimum absolute atomic E-state index is 0.211. The first-order valence-electron chi connectivity index (χ1n) is 5.96. The lowest BCUT2D eigenvalue weighted by Gasteiger charge is -2.10. The molecule has 0 unspecified atom stereocenters. The quantitative estimate of drug-likeness (QED) is 0.671. The van der Waals surface area contributed by atoms with E-state index in [2.05, 4.69) is 15.4 Å². The van der Waals surface area contributed by atoms with Crippen LogP contribution in [0.3, 0.4) is 0 Å². The van der Waals surface area contributed by atoms with Crippen LogP contribution in [0.15, 0.2) is 30.3 Å². The predicted octanol–water partition coefficient (Wildman–Crippen LogP) is 3.01. The van der Waals surface area contributed by atoms with Gasteiger partial charge in [0.25, 0.3) is 0 Å². The molecular formula is C13H13F3N4. The highest BCUT2D eigenvalue weighted by Gasteiger charge is 2.30. The van der Waals surface area contributed by atoms with Gasteiger partial charge in [-0.15, -0.1) is 0 Å². The van der Waals surface area contributed by atoms with E-state index in [0.717, 1.165) is 12.1 Å². The number of hydrogen-bond acceptors (Lipinski definition) is 4. The summed E-state index contributed by atoms with van der Waals surface area (Å²) in [6.45, 7) is 1.89. The SMILES string of the molecule is CCc1cc(NN)nc(-c2cccc(C(F)(F)F)c2)n1.